The quantitative estimate of drug-likeness (QED) is 0.889. The lowest BCUT2D eigenvalue weighted by atomic mass is 10.1. The van der Waals surface area contributed by atoms with Crippen LogP contribution in [0.2, 0.25) is 0 Å². The van der Waals surface area contributed by atoms with Crippen LogP contribution in [0.25, 0.3) is 0 Å². The SMILES string of the molecule is COCCN(C(=O)c1c[nH]c(C)cc1=O)C1CCSC1. The van der Waals surface area contributed by atoms with E-state index in [1.165, 1.54) is 12.3 Å². The number of nitrogens with zero attached hydrogens (tertiary/aromatic N) is 1. The molecule has 1 unspecified atom stereocenters. The number of thioether (sulfide) groups is 1. The molecule has 0 radical (unpaired) electrons. The molecule has 1 aliphatic heterocycles. The number of methoxy groups -OCH3 is 1. The molecule has 1 fully saturated rings. The van der Waals surface area contributed by atoms with Crippen LogP contribution in [-0.2, 0) is 4.74 Å². The molecule has 0 aliphatic carbocycles. The van der Waals surface area contributed by atoms with Crippen molar-refractivity contribution in [2.24, 2.45) is 0 Å². The van der Waals surface area contributed by atoms with E-state index in [4.69, 9.17) is 4.74 Å². The molecule has 0 bridgehead atoms. The lowest BCUT2D eigenvalue weighted by molar-refractivity contribution is 0.0623. The molecule has 5 nitrogen and oxygen atoms in total. The molecule has 2 rings (SSSR count). The van der Waals surface area contributed by atoms with Gasteiger partial charge in [0.05, 0.1) is 6.61 Å². The van der Waals surface area contributed by atoms with Gasteiger partial charge in [0.2, 0.25) is 0 Å². The summed E-state index contributed by atoms with van der Waals surface area (Å²) in [5, 5.41) is 0. The molecule has 0 saturated carbocycles. The molecule has 1 aromatic heterocycles. The number of ether oxygens (including phenoxy) is 1. The minimum atomic E-state index is -0.223. The van der Waals surface area contributed by atoms with Gasteiger partial charge >= 0.3 is 0 Å². The van der Waals surface area contributed by atoms with Crippen LogP contribution in [0.5, 0.6) is 0 Å². The van der Waals surface area contributed by atoms with Gasteiger partial charge in [0.25, 0.3) is 5.91 Å². The molecule has 2 heterocycles. The Morgan fingerprint density at radius 1 is 1.60 bits per heavy atom. The monoisotopic (exact) mass is 296 g/mol. The number of aromatic amines is 1. The van der Waals surface area contributed by atoms with Gasteiger partial charge < -0.3 is 14.6 Å². The Balaban J connectivity index is 2.22. The Bertz CT molecular complexity index is 523. The summed E-state index contributed by atoms with van der Waals surface area (Å²) in [5.41, 5.74) is 0.745. The molecule has 1 N–H and O–H groups in total. The second-order valence-electron chi connectivity index (χ2n) is 4.90. The highest BCUT2D eigenvalue weighted by Crippen LogP contribution is 2.23. The number of carbonyl (C=O) groups excluding carboxylic acids is 1. The van der Waals surface area contributed by atoms with Gasteiger partial charge in [0.15, 0.2) is 5.43 Å². The molecular weight excluding hydrogens is 276 g/mol. The van der Waals surface area contributed by atoms with Crippen LogP contribution in [0.15, 0.2) is 17.1 Å². The highest BCUT2D eigenvalue weighted by molar-refractivity contribution is 7.99. The van der Waals surface area contributed by atoms with Gasteiger partial charge in [0, 0.05) is 43.4 Å². The standard InChI is InChI=1S/C14H20N2O3S/c1-10-7-13(17)12(8-15-10)14(18)16(4-5-19-2)11-3-6-20-9-11/h7-8,11H,3-6,9H2,1-2H3,(H,15,17). The number of amides is 1. The summed E-state index contributed by atoms with van der Waals surface area (Å²) in [6.07, 6.45) is 2.49. The molecule has 1 aliphatic rings. The van der Waals surface area contributed by atoms with Crippen molar-refractivity contribution < 1.29 is 9.53 Å². The summed E-state index contributed by atoms with van der Waals surface area (Å²) in [7, 11) is 1.62. The van der Waals surface area contributed by atoms with E-state index in [0.717, 1.165) is 23.6 Å². The molecule has 0 spiro atoms. The van der Waals surface area contributed by atoms with Crippen molar-refractivity contribution in [3.8, 4) is 0 Å². The van der Waals surface area contributed by atoms with Crippen LogP contribution in [0.1, 0.15) is 22.5 Å². The predicted molar refractivity (Wildman–Crippen MR) is 80.4 cm³/mol. The second kappa shape index (κ2) is 6.95. The Kier molecular flexibility index (Phi) is 5.25. The summed E-state index contributed by atoms with van der Waals surface area (Å²) < 4.78 is 5.08. The third-order valence-corrected chi connectivity index (χ3v) is 4.58. The number of hydrogen-bond acceptors (Lipinski definition) is 4. The first kappa shape index (κ1) is 15.1. The van der Waals surface area contributed by atoms with E-state index in [1.807, 2.05) is 11.8 Å². The molecule has 20 heavy (non-hydrogen) atoms. The minimum Gasteiger partial charge on any atom is -0.383 e. The van der Waals surface area contributed by atoms with Gasteiger partial charge in [0.1, 0.15) is 5.56 Å². The first-order valence-electron chi connectivity index (χ1n) is 6.70. The Morgan fingerprint density at radius 2 is 2.40 bits per heavy atom. The van der Waals surface area contributed by atoms with Crippen molar-refractivity contribution >= 4 is 17.7 Å². The van der Waals surface area contributed by atoms with Gasteiger partial charge in [-0.2, -0.15) is 11.8 Å². The Hall–Kier alpha value is -1.27. The fourth-order valence-electron chi connectivity index (χ4n) is 2.30. The van der Waals surface area contributed by atoms with Crippen molar-refractivity contribution in [2.45, 2.75) is 19.4 Å². The van der Waals surface area contributed by atoms with Crippen LogP contribution >= 0.6 is 11.8 Å². The van der Waals surface area contributed by atoms with Gasteiger partial charge in [-0.15, -0.1) is 0 Å². The van der Waals surface area contributed by atoms with Crippen molar-refractivity contribution in [3.05, 3.63) is 33.7 Å². The van der Waals surface area contributed by atoms with E-state index in [0.29, 0.717) is 13.2 Å². The van der Waals surface area contributed by atoms with Crippen LogP contribution in [0.3, 0.4) is 0 Å². The van der Waals surface area contributed by atoms with Crippen LogP contribution < -0.4 is 5.43 Å². The van der Waals surface area contributed by atoms with Gasteiger partial charge in [-0.05, 0) is 19.1 Å². The molecule has 1 amide bonds. The van der Waals surface area contributed by atoms with Crippen molar-refractivity contribution in [1.82, 2.24) is 9.88 Å². The number of aromatic nitrogens is 1. The molecule has 0 aromatic carbocycles. The average Bonchev–Trinajstić information content (AvgIpc) is 2.93. The van der Waals surface area contributed by atoms with Crippen molar-refractivity contribution in [3.63, 3.8) is 0 Å². The third-order valence-electron chi connectivity index (χ3n) is 3.43. The number of hydrogen-bond donors (Lipinski definition) is 1. The zero-order valence-corrected chi connectivity index (χ0v) is 12.7. The molecule has 1 aromatic rings. The van der Waals surface area contributed by atoms with E-state index >= 15 is 0 Å². The van der Waals surface area contributed by atoms with E-state index < -0.39 is 0 Å². The zero-order valence-electron chi connectivity index (χ0n) is 11.8. The summed E-state index contributed by atoms with van der Waals surface area (Å²) >= 11 is 1.84. The Labute approximate surface area is 122 Å². The molecule has 6 heteroatoms. The van der Waals surface area contributed by atoms with E-state index in [-0.39, 0.29) is 22.9 Å². The number of aryl methyl sites for hydroxylation is 1. The van der Waals surface area contributed by atoms with E-state index in [9.17, 15) is 9.59 Å². The lowest BCUT2D eigenvalue weighted by Crippen LogP contribution is -2.44. The molecule has 1 saturated heterocycles. The van der Waals surface area contributed by atoms with E-state index in [1.54, 1.807) is 18.9 Å². The number of H-pyrrole nitrogens is 1. The van der Waals surface area contributed by atoms with Gasteiger partial charge in [-0.1, -0.05) is 0 Å². The smallest absolute Gasteiger partial charge is 0.259 e. The summed E-state index contributed by atoms with van der Waals surface area (Å²) in [4.78, 5) is 29.3. The maximum Gasteiger partial charge on any atom is 0.259 e. The summed E-state index contributed by atoms with van der Waals surface area (Å²) in [5.74, 6) is 1.79. The maximum atomic E-state index is 12.6. The minimum absolute atomic E-state index is 0.198. The van der Waals surface area contributed by atoms with Crippen LogP contribution in [-0.4, -0.2) is 53.6 Å². The second-order valence-corrected chi connectivity index (χ2v) is 6.05. The largest absolute Gasteiger partial charge is 0.383 e. The predicted octanol–water partition coefficient (Wildman–Crippen LogP) is 1.28. The summed E-state index contributed by atoms with van der Waals surface area (Å²) in [6.45, 7) is 2.80. The number of rotatable bonds is 5. The number of nitrogens with one attached hydrogen (secondary N) is 1. The maximum absolute atomic E-state index is 12.6. The zero-order chi connectivity index (χ0) is 14.5. The van der Waals surface area contributed by atoms with Crippen LogP contribution in [0.4, 0.5) is 0 Å². The third kappa shape index (κ3) is 3.43. The first-order chi connectivity index (χ1) is 9.63. The van der Waals surface area contributed by atoms with Crippen LogP contribution in [0, 0.1) is 6.92 Å². The fourth-order valence-corrected chi connectivity index (χ4v) is 3.53. The van der Waals surface area contributed by atoms with Gasteiger partial charge in [-0.25, -0.2) is 0 Å². The lowest BCUT2D eigenvalue weighted by Gasteiger charge is -2.28. The normalized spacial score (nSPS) is 18.2. The van der Waals surface area contributed by atoms with Crippen molar-refractivity contribution in [2.75, 3.05) is 31.8 Å². The highest BCUT2D eigenvalue weighted by Gasteiger charge is 2.28. The molecular formula is C14H20N2O3S. The molecule has 1 atom stereocenters. The highest BCUT2D eigenvalue weighted by atomic mass is 32.2. The fraction of sp³-hybridized carbons (Fsp3) is 0.571. The Morgan fingerprint density at radius 3 is 3.00 bits per heavy atom. The average molecular weight is 296 g/mol. The van der Waals surface area contributed by atoms with Crippen molar-refractivity contribution in [1.29, 1.82) is 0 Å². The van der Waals surface area contributed by atoms with E-state index in [2.05, 4.69) is 4.98 Å². The molecule has 110 valence electrons. The first-order valence-corrected chi connectivity index (χ1v) is 7.86. The number of pyridine rings is 1. The van der Waals surface area contributed by atoms with Gasteiger partial charge in [-0.3, -0.25) is 9.59 Å². The topological polar surface area (TPSA) is 62.4 Å². The summed E-state index contributed by atoms with van der Waals surface area (Å²) in [6, 6.07) is 1.66. The number of carbonyl (C=O) groups is 1.